The van der Waals surface area contributed by atoms with Gasteiger partial charge in [-0.25, -0.2) is 4.98 Å². The summed E-state index contributed by atoms with van der Waals surface area (Å²) in [6, 6.07) is 7.45. The molecular weight excluding hydrogens is 402 g/mol. The van der Waals surface area contributed by atoms with Gasteiger partial charge >= 0.3 is 11.9 Å². The van der Waals surface area contributed by atoms with Crippen LogP contribution in [0.3, 0.4) is 0 Å². The highest BCUT2D eigenvalue weighted by Gasteiger charge is 2.31. The van der Waals surface area contributed by atoms with E-state index in [2.05, 4.69) is 4.98 Å². The van der Waals surface area contributed by atoms with E-state index in [0.29, 0.717) is 10.8 Å². The third-order valence-electron chi connectivity index (χ3n) is 5.82. The zero-order chi connectivity index (χ0) is 20.8. The lowest BCUT2D eigenvalue weighted by Crippen LogP contribution is -2.31. The molecule has 1 unspecified atom stereocenters. The van der Waals surface area contributed by atoms with Crippen LogP contribution in [0.25, 0.3) is 11.1 Å². The first-order valence-electron chi connectivity index (χ1n) is 11.1. The second-order valence-electron chi connectivity index (χ2n) is 8.20. The molecule has 0 bridgehead atoms. The van der Waals surface area contributed by atoms with Crippen LogP contribution in [-0.2, 0) is 19.1 Å². The fourth-order valence-electron chi connectivity index (χ4n) is 4.19. The van der Waals surface area contributed by atoms with Crippen LogP contribution in [-0.4, -0.2) is 34.4 Å². The Kier molecular flexibility index (Phi) is 7.31. The topological polar surface area (TPSA) is 78.6 Å². The molecule has 162 valence electrons. The molecule has 2 fully saturated rings. The van der Waals surface area contributed by atoms with Crippen molar-refractivity contribution in [2.45, 2.75) is 93.3 Å². The molecule has 6 nitrogen and oxygen atoms in total. The average Bonchev–Trinajstić information content (AvgIpc) is 3.17. The number of rotatable bonds is 7. The SMILES string of the molecule is O=C(CC(Sc1nc2ccccc2o1)C(=O)OC1CCCCC1)OC1CCCCC1. The molecule has 1 aromatic heterocycles. The van der Waals surface area contributed by atoms with E-state index in [0.717, 1.165) is 68.6 Å². The quantitative estimate of drug-likeness (QED) is 0.427. The van der Waals surface area contributed by atoms with Crippen LogP contribution in [0.15, 0.2) is 33.9 Å². The number of carbonyl (C=O) groups excluding carboxylic acids is 2. The van der Waals surface area contributed by atoms with Gasteiger partial charge in [-0.15, -0.1) is 0 Å². The predicted octanol–water partition coefficient (Wildman–Crippen LogP) is 5.43. The molecule has 0 aliphatic heterocycles. The van der Waals surface area contributed by atoms with Crippen molar-refractivity contribution in [1.29, 1.82) is 0 Å². The Morgan fingerprint density at radius 1 is 0.967 bits per heavy atom. The minimum atomic E-state index is -0.726. The van der Waals surface area contributed by atoms with Crippen molar-refractivity contribution < 1.29 is 23.5 Å². The lowest BCUT2D eigenvalue weighted by Gasteiger charge is -2.25. The van der Waals surface area contributed by atoms with E-state index in [4.69, 9.17) is 13.9 Å². The summed E-state index contributed by atoms with van der Waals surface area (Å²) >= 11 is 1.15. The number of carbonyl (C=O) groups is 2. The second-order valence-corrected chi connectivity index (χ2v) is 9.36. The molecule has 0 N–H and O–H groups in total. The van der Waals surface area contributed by atoms with E-state index < -0.39 is 5.25 Å². The number of ether oxygens (including phenoxy) is 2. The first-order chi connectivity index (χ1) is 14.7. The number of hydrogen-bond acceptors (Lipinski definition) is 7. The number of benzene rings is 1. The Hall–Kier alpha value is -2.02. The first kappa shape index (κ1) is 21.2. The zero-order valence-corrected chi connectivity index (χ0v) is 18.0. The highest BCUT2D eigenvalue weighted by molar-refractivity contribution is 8.00. The molecule has 2 aliphatic rings. The van der Waals surface area contributed by atoms with Gasteiger partial charge in [-0.1, -0.05) is 36.7 Å². The van der Waals surface area contributed by atoms with Gasteiger partial charge in [0.25, 0.3) is 5.22 Å². The van der Waals surface area contributed by atoms with E-state index >= 15 is 0 Å². The van der Waals surface area contributed by atoms with Crippen LogP contribution in [0.1, 0.15) is 70.6 Å². The largest absolute Gasteiger partial charge is 0.462 e. The maximum atomic E-state index is 12.9. The van der Waals surface area contributed by atoms with Crippen molar-refractivity contribution in [2.75, 3.05) is 0 Å². The van der Waals surface area contributed by atoms with Gasteiger partial charge in [0.15, 0.2) is 5.58 Å². The van der Waals surface area contributed by atoms with Gasteiger partial charge in [-0.05, 0) is 63.5 Å². The van der Waals surface area contributed by atoms with Crippen molar-refractivity contribution in [2.24, 2.45) is 0 Å². The summed E-state index contributed by atoms with van der Waals surface area (Å²) in [7, 11) is 0. The Bertz CT molecular complexity index is 821. The van der Waals surface area contributed by atoms with Crippen LogP contribution >= 0.6 is 11.8 Å². The average molecular weight is 432 g/mol. The summed E-state index contributed by atoms with van der Waals surface area (Å²) in [5.41, 5.74) is 1.38. The maximum absolute atomic E-state index is 12.9. The summed E-state index contributed by atoms with van der Waals surface area (Å²) in [4.78, 5) is 30.0. The molecule has 7 heteroatoms. The number of esters is 2. The van der Waals surface area contributed by atoms with E-state index in [1.807, 2.05) is 24.3 Å². The molecule has 0 radical (unpaired) electrons. The Morgan fingerprint density at radius 3 is 2.27 bits per heavy atom. The molecule has 2 aromatic rings. The summed E-state index contributed by atoms with van der Waals surface area (Å²) in [5, 5.41) is -0.358. The van der Waals surface area contributed by atoms with Gasteiger partial charge in [-0.2, -0.15) is 0 Å². The standard InChI is InChI=1S/C23H29NO5S/c25-21(27-16-9-3-1-4-10-16)15-20(22(26)28-17-11-5-2-6-12-17)30-23-24-18-13-7-8-14-19(18)29-23/h7-8,13-14,16-17,20H,1-6,9-12,15H2. The molecule has 2 saturated carbocycles. The van der Waals surface area contributed by atoms with E-state index in [9.17, 15) is 9.59 Å². The number of aromatic nitrogens is 1. The normalized spacial score (nSPS) is 19.5. The van der Waals surface area contributed by atoms with Crippen molar-refractivity contribution in [1.82, 2.24) is 4.98 Å². The van der Waals surface area contributed by atoms with Crippen molar-refractivity contribution in [3.8, 4) is 0 Å². The molecule has 1 atom stereocenters. The van der Waals surface area contributed by atoms with Crippen LogP contribution in [0.5, 0.6) is 0 Å². The van der Waals surface area contributed by atoms with Crippen LogP contribution in [0.4, 0.5) is 0 Å². The molecule has 30 heavy (non-hydrogen) atoms. The molecule has 0 spiro atoms. The number of hydrogen-bond donors (Lipinski definition) is 0. The lowest BCUT2D eigenvalue weighted by atomic mass is 9.98. The van der Waals surface area contributed by atoms with Crippen molar-refractivity contribution >= 4 is 34.8 Å². The highest BCUT2D eigenvalue weighted by atomic mass is 32.2. The van der Waals surface area contributed by atoms with Crippen molar-refractivity contribution in [3.05, 3.63) is 24.3 Å². The minimum absolute atomic E-state index is 0.0319. The molecule has 1 heterocycles. The number of nitrogens with zero attached hydrogens (tertiary/aromatic N) is 1. The Morgan fingerprint density at radius 2 is 1.60 bits per heavy atom. The summed E-state index contributed by atoms with van der Waals surface area (Å²) in [6.07, 6.45) is 10.1. The van der Waals surface area contributed by atoms with Crippen LogP contribution in [0.2, 0.25) is 0 Å². The Labute approximate surface area is 181 Å². The van der Waals surface area contributed by atoms with Gasteiger partial charge < -0.3 is 13.9 Å². The van der Waals surface area contributed by atoms with Crippen molar-refractivity contribution in [3.63, 3.8) is 0 Å². The minimum Gasteiger partial charge on any atom is -0.462 e. The molecular formula is C23H29NO5S. The number of oxazole rings is 1. The molecule has 0 saturated heterocycles. The van der Waals surface area contributed by atoms with E-state index in [1.165, 1.54) is 12.8 Å². The fraction of sp³-hybridized carbons (Fsp3) is 0.609. The highest BCUT2D eigenvalue weighted by Crippen LogP contribution is 2.31. The number of thioether (sulfide) groups is 1. The zero-order valence-electron chi connectivity index (χ0n) is 17.2. The fourth-order valence-corrected chi connectivity index (χ4v) is 5.09. The smallest absolute Gasteiger partial charge is 0.320 e. The molecule has 1 aromatic carbocycles. The lowest BCUT2D eigenvalue weighted by molar-refractivity contribution is -0.156. The van der Waals surface area contributed by atoms with Gasteiger partial charge in [-0.3, -0.25) is 9.59 Å². The summed E-state index contributed by atoms with van der Waals surface area (Å²) in [5.74, 6) is -0.731. The van der Waals surface area contributed by atoms with E-state index in [-0.39, 0.29) is 30.6 Å². The number of para-hydroxylation sites is 2. The monoisotopic (exact) mass is 431 g/mol. The first-order valence-corrected chi connectivity index (χ1v) is 12.0. The van der Waals surface area contributed by atoms with Gasteiger partial charge in [0, 0.05) is 0 Å². The Balaban J connectivity index is 1.43. The predicted molar refractivity (Wildman–Crippen MR) is 114 cm³/mol. The van der Waals surface area contributed by atoms with E-state index in [1.54, 1.807) is 0 Å². The van der Waals surface area contributed by atoms with Gasteiger partial charge in [0.1, 0.15) is 23.0 Å². The third kappa shape index (κ3) is 5.78. The third-order valence-corrected chi connectivity index (χ3v) is 6.84. The molecule has 0 amide bonds. The van der Waals surface area contributed by atoms with Gasteiger partial charge in [0.05, 0.1) is 6.42 Å². The van der Waals surface area contributed by atoms with Crippen LogP contribution < -0.4 is 0 Å². The van der Waals surface area contributed by atoms with Crippen LogP contribution in [0, 0.1) is 0 Å². The summed E-state index contributed by atoms with van der Waals surface area (Å²) < 4.78 is 17.2. The second kappa shape index (κ2) is 10.3. The molecule has 4 rings (SSSR count). The van der Waals surface area contributed by atoms with Gasteiger partial charge in [0.2, 0.25) is 0 Å². The maximum Gasteiger partial charge on any atom is 0.320 e. The summed E-state index contributed by atoms with van der Waals surface area (Å²) in [6.45, 7) is 0. The molecule has 2 aliphatic carbocycles. The number of fused-ring (bicyclic) bond motifs is 1.